The van der Waals surface area contributed by atoms with Crippen molar-refractivity contribution in [1.82, 2.24) is 29.7 Å². The molecular formula is C30H36N8O2. The van der Waals surface area contributed by atoms with Crippen molar-refractivity contribution in [2.45, 2.75) is 75.5 Å². The number of pyridine rings is 2. The Hall–Kier alpha value is -3.37. The molecule has 8 rings (SSSR count). The van der Waals surface area contributed by atoms with Crippen LogP contribution >= 0.6 is 0 Å². The van der Waals surface area contributed by atoms with Crippen molar-refractivity contribution in [2.75, 3.05) is 43.6 Å². The third-order valence-corrected chi connectivity index (χ3v) is 9.73. The minimum atomic E-state index is 0.0220. The summed E-state index contributed by atoms with van der Waals surface area (Å²) in [6, 6.07) is 7.34. The first kappa shape index (κ1) is 24.4. The highest BCUT2D eigenvalue weighted by Crippen LogP contribution is 2.43. The number of ether oxygens (including phenoxy) is 1. The second-order valence-corrected chi connectivity index (χ2v) is 12.2. The third-order valence-electron chi connectivity index (χ3n) is 9.73. The maximum absolute atomic E-state index is 13.1. The molecular weight excluding hydrogens is 504 g/mol. The SMILES string of the molecule is CN1CCC[C@H]1C(=O)N1CCc2nc(Nc3ncc4cc(C5COC5)nc(N5C6CCC5CC6)c4n3)ccc2C1. The highest BCUT2D eigenvalue weighted by molar-refractivity contribution is 5.90. The molecule has 10 heteroatoms. The van der Waals surface area contributed by atoms with Crippen LogP contribution in [0.15, 0.2) is 24.4 Å². The van der Waals surface area contributed by atoms with Gasteiger partial charge in [-0.2, -0.15) is 0 Å². The summed E-state index contributed by atoms with van der Waals surface area (Å²) in [6.07, 6.45) is 9.67. The maximum Gasteiger partial charge on any atom is 0.240 e. The molecule has 208 valence electrons. The number of fused-ring (bicyclic) bond motifs is 4. The summed E-state index contributed by atoms with van der Waals surface area (Å²) in [7, 11) is 2.05. The number of likely N-dealkylation sites (tertiary alicyclic amines) is 1. The molecule has 4 fully saturated rings. The Morgan fingerprint density at radius 3 is 2.58 bits per heavy atom. The zero-order valence-electron chi connectivity index (χ0n) is 23.1. The molecule has 10 nitrogen and oxygen atoms in total. The number of anilines is 3. The molecule has 0 aliphatic carbocycles. The van der Waals surface area contributed by atoms with Gasteiger partial charge in [-0.3, -0.25) is 9.69 Å². The first-order chi connectivity index (χ1) is 19.6. The molecule has 3 aromatic heterocycles. The lowest BCUT2D eigenvalue weighted by Gasteiger charge is -2.32. The fourth-order valence-corrected chi connectivity index (χ4v) is 7.38. The predicted molar refractivity (Wildman–Crippen MR) is 152 cm³/mol. The molecule has 40 heavy (non-hydrogen) atoms. The minimum absolute atomic E-state index is 0.0220. The van der Waals surface area contributed by atoms with Gasteiger partial charge in [0.1, 0.15) is 11.3 Å². The van der Waals surface area contributed by atoms with Crippen molar-refractivity contribution < 1.29 is 9.53 Å². The average Bonchev–Trinajstić information content (AvgIpc) is 3.67. The van der Waals surface area contributed by atoms with E-state index >= 15 is 0 Å². The first-order valence-electron chi connectivity index (χ1n) is 14.9. The van der Waals surface area contributed by atoms with Gasteiger partial charge in [0.2, 0.25) is 11.9 Å². The molecule has 3 aromatic rings. The number of likely N-dealkylation sites (N-methyl/N-ethyl adjacent to an activating group) is 1. The normalized spacial score (nSPS) is 26.4. The van der Waals surface area contributed by atoms with Crippen LogP contribution in [0.25, 0.3) is 10.9 Å². The van der Waals surface area contributed by atoms with E-state index in [9.17, 15) is 4.79 Å². The number of aromatic nitrogens is 4. The Morgan fingerprint density at radius 1 is 1.02 bits per heavy atom. The van der Waals surface area contributed by atoms with Crippen LogP contribution in [-0.4, -0.2) is 87.1 Å². The van der Waals surface area contributed by atoms with E-state index < -0.39 is 0 Å². The average molecular weight is 541 g/mol. The quantitative estimate of drug-likeness (QED) is 0.522. The zero-order chi connectivity index (χ0) is 26.8. The van der Waals surface area contributed by atoms with Crippen molar-refractivity contribution in [3.8, 4) is 0 Å². The Labute approximate surface area is 234 Å². The molecule has 1 N–H and O–H groups in total. The summed E-state index contributed by atoms with van der Waals surface area (Å²) >= 11 is 0. The summed E-state index contributed by atoms with van der Waals surface area (Å²) in [4.78, 5) is 39.6. The van der Waals surface area contributed by atoms with Crippen LogP contribution < -0.4 is 10.2 Å². The van der Waals surface area contributed by atoms with Gasteiger partial charge in [-0.05, 0) is 69.8 Å². The molecule has 8 heterocycles. The van der Waals surface area contributed by atoms with E-state index in [-0.39, 0.29) is 11.9 Å². The fourth-order valence-electron chi connectivity index (χ4n) is 7.38. The van der Waals surface area contributed by atoms with Crippen LogP contribution in [0.2, 0.25) is 0 Å². The summed E-state index contributed by atoms with van der Waals surface area (Å²) in [6.45, 7) is 3.81. The van der Waals surface area contributed by atoms with Crippen molar-refractivity contribution in [3.63, 3.8) is 0 Å². The summed E-state index contributed by atoms with van der Waals surface area (Å²) in [5, 5.41) is 4.39. The number of carbonyl (C=O) groups is 1. The lowest BCUT2D eigenvalue weighted by atomic mass is 10.0. The molecule has 0 unspecified atom stereocenters. The van der Waals surface area contributed by atoms with Gasteiger partial charge in [0.25, 0.3) is 0 Å². The smallest absolute Gasteiger partial charge is 0.240 e. The van der Waals surface area contributed by atoms with Gasteiger partial charge in [0, 0.05) is 54.8 Å². The lowest BCUT2D eigenvalue weighted by Crippen LogP contribution is -2.46. The van der Waals surface area contributed by atoms with Crippen LogP contribution in [0.3, 0.4) is 0 Å². The van der Waals surface area contributed by atoms with E-state index in [2.05, 4.69) is 39.3 Å². The van der Waals surface area contributed by atoms with E-state index in [1.165, 1.54) is 25.7 Å². The lowest BCUT2D eigenvalue weighted by molar-refractivity contribution is -0.136. The molecule has 0 saturated carbocycles. The molecule has 0 radical (unpaired) electrons. The molecule has 1 amide bonds. The van der Waals surface area contributed by atoms with E-state index in [1.54, 1.807) is 0 Å². The van der Waals surface area contributed by atoms with Crippen molar-refractivity contribution >= 4 is 34.4 Å². The number of nitrogens with zero attached hydrogens (tertiary/aromatic N) is 7. The fraction of sp³-hybridized carbons (Fsp3) is 0.567. The van der Waals surface area contributed by atoms with E-state index in [4.69, 9.17) is 19.7 Å². The Kier molecular flexibility index (Phi) is 5.88. The molecule has 0 spiro atoms. The van der Waals surface area contributed by atoms with Gasteiger partial charge in [0.15, 0.2) is 5.82 Å². The van der Waals surface area contributed by atoms with E-state index in [0.29, 0.717) is 37.0 Å². The number of carbonyl (C=O) groups excluding carboxylic acids is 1. The Balaban J connectivity index is 1.05. The van der Waals surface area contributed by atoms with Crippen molar-refractivity contribution in [1.29, 1.82) is 0 Å². The summed E-state index contributed by atoms with van der Waals surface area (Å²) in [5.41, 5.74) is 4.16. The number of hydrogen-bond donors (Lipinski definition) is 1. The van der Waals surface area contributed by atoms with Gasteiger partial charge < -0.3 is 19.9 Å². The number of rotatable bonds is 5. The second-order valence-electron chi connectivity index (χ2n) is 12.2. The highest BCUT2D eigenvalue weighted by Gasteiger charge is 2.41. The molecule has 5 aliphatic heterocycles. The molecule has 0 aromatic carbocycles. The standard InChI is InChI=1S/C30H36N8O2/c1-36-11-2-3-25(36)29(39)37-12-10-23-18(15-37)4-9-26(32-23)34-30-31-14-19-13-24(20-16-40-17-20)33-28(27(19)35-30)38-21-5-6-22(38)8-7-21/h4,9,13-14,20-22,25H,2-3,5-8,10-12,15-17H2,1H3,(H,31,32,34,35)/t21?,22?,25-/m0/s1. The number of amides is 1. The number of nitrogens with one attached hydrogen (secondary N) is 1. The summed E-state index contributed by atoms with van der Waals surface area (Å²) in [5.74, 6) is 2.87. The molecule has 2 bridgehead atoms. The van der Waals surface area contributed by atoms with Gasteiger partial charge in [-0.15, -0.1) is 0 Å². The van der Waals surface area contributed by atoms with Gasteiger partial charge in [-0.1, -0.05) is 6.07 Å². The first-order valence-corrected chi connectivity index (χ1v) is 14.9. The summed E-state index contributed by atoms with van der Waals surface area (Å²) < 4.78 is 5.47. The molecule has 4 saturated heterocycles. The predicted octanol–water partition coefficient (Wildman–Crippen LogP) is 3.39. The second kappa shape index (κ2) is 9.62. The Morgan fingerprint density at radius 2 is 1.85 bits per heavy atom. The van der Waals surface area contributed by atoms with Crippen LogP contribution in [0.5, 0.6) is 0 Å². The van der Waals surface area contributed by atoms with Crippen LogP contribution in [0, 0.1) is 0 Å². The van der Waals surface area contributed by atoms with Crippen LogP contribution in [-0.2, 0) is 22.5 Å². The van der Waals surface area contributed by atoms with E-state index in [1.807, 2.05) is 17.2 Å². The number of hydrogen-bond acceptors (Lipinski definition) is 9. The van der Waals surface area contributed by atoms with Crippen molar-refractivity contribution in [3.05, 3.63) is 41.3 Å². The van der Waals surface area contributed by atoms with E-state index in [0.717, 1.165) is 78.5 Å². The van der Waals surface area contributed by atoms with Crippen molar-refractivity contribution in [2.24, 2.45) is 0 Å². The maximum atomic E-state index is 13.1. The zero-order valence-corrected chi connectivity index (χ0v) is 23.1. The largest absolute Gasteiger partial charge is 0.380 e. The van der Waals surface area contributed by atoms with Crippen LogP contribution in [0.1, 0.15) is 61.4 Å². The highest BCUT2D eigenvalue weighted by atomic mass is 16.5. The third kappa shape index (κ3) is 4.11. The van der Waals surface area contributed by atoms with Gasteiger partial charge in [-0.25, -0.2) is 19.9 Å². The van der Waals surface area contributed by atoms with Crippen LogP contribution in [0.4, 0.5) is 17.6 Å². The molecule has 1 atom stereocenters. The topological polar surface area (TPSA) is 99.6 Å². The van der Waals surface area contributed by atoms with Gasteiger partial charge in [0.05, 0.1) is 24.9 Å². The molecule has 5 aliphatic rings. The Bertz CT molecular complexity index is 1460. The minimum Gasteiger partial charge on any atom is -0.380 e. The van der Waals surface area contributed by atoms with Gasteiger partial charge >= 0.3 is 0 Å². The monoisotopic (exact) mass is 540 g/mol.